The summed E-state index contributed by atoms with van der Waals surface area (Å²) >= 11 is 6.08. The van der Waals surface area contributed by atoms with E-state index in [-0.39, 0.29) is 0 Å². The molecular formula is C9H16ClN2OP. The van der Waals surface area contributed by atoms with E-state index in [1.807, 2.05) is 6.07 Å². The maximum absolute atomic E-state index is 8.27. The number of nitriles is 1. The van der Waals surface area contributed by atoms with E-state index in [0.717, 1.165) is 0 Å². The molecule has 0 spiro atoms. The van der Waals surface area contributed by atoms with Crippen molar-refractivity contribution in [1.82, 2.24) is 4.67 Å². The molecule has 0 radical (unpaired) electrons. The van der Waals surface area contributed by atoms with Crippen molar-refractivity contribution >= 4 is 18.9 Å². The largest absolute Gasteiger partial charge is 0.452 e. The van der Waals surface area contributed by atoms with Crippen LogP contribution in [0.25, 0.3) is 0 Å². The van der Waals surface area contributed by atoms with E-state index in [1.54, 1.807) is 0 Å². The third-order valence-electron chi connectivity index (χ3n) is 1.53. The van der Waals surface area contributed by atoms with Gasteiger partial charge in [0.1, 0.15) is 6.26 Å². The summed E-state index contributed by atoms with van der Waals surface area (Å²) in [6.07, 6.45) is 2.62. The Morgan fingerprint density at radius 1 is 1.36 bits per heavy atom. The van der Waals surface area contributed by atoms with Crippen molar-refractivity contribution in [3.63, 3.8) is 0 Å². The standard InChI is InChI=1S/C9H16ClN2OP/c1-8(2)12(9(3)4)14(10)13-7-5-6-11/h5,7-9H,1-4H3/b7-5+. The Kier molecular flexibility index (Phi) is 6.92. The quantitative estimate of drug-likeness (QED) is 0.414. The molecular weight excluding hydrogens is 219 g/mol. The molecule has 5 heteroatoms. The highest BCUT2D eigenvalue weighted by atomic mass is 35.7. The van der Waals surface area contributed by atoms with Crippen molar-refractivity contribution in [3.05, 3.63) is 12.3 Å². The summed E-state index contributed by atoms with van der Waals surface area (Å²) in [6.45, 7) is 8.26. The van der Waals surface area contributed by atoms with Gasteiger partial charge in [0.25, 0.3) is 7.65 Å². The van der Waals surface area contributed by atoms with Crippen LogP contribution in [0.15, 0.2) is 12.3 Å². The summed E-state index contributed by atoms with van der Waals surface area (Å²) in [5, 5.41) is 8.27. The highest BCUT2D eigenvalue weighted by Crippen LogP contribution is 2.49. The van der Waals surface area contributed by atoms with Gasteiger partial charge in [-0.1, -0.05) is 0 Å². The molecule has 0 fully saturated rings. The molecule has 0 aliphatic carbocycles. The van der Waals surface area contributed by atoms with E-state index in [2.05, 4.69) is 32.4 Å². The summed E-state index contributed by atoms with van der Waals surface area (Å²) in [4.78, 5) is 0. The van der Waals surface area contributed by atoms with E-state index in [0.29, 0.717) is 12.1 Å². The first-order valence-corrected chi connectivity index (χ1v) is 6.58. The smallest absolute Gasteiger partial charge is 0.266 e. The second-order valence-corrected chi connectivity index (χ2v) is 5.32. The van der Waals surface area contributed by atoms with Crippen LogP contribution in [0.5, 0.6) is 0 Å². The molecule has 0 heterocycles. The van der Waals surface area contributed by atoms with Crippen molar-refractivity contribution in [2.24, 2.45) is 0 Å². The van der Waals surface area contributed by atoms with E-state index in [1.165, 1.54) is 12.3 Å². The van der Waals surface area contributed by atoms with Crippen LogP contribution in [-0.2, 0) is 4.52 Å². The van der Waals surface area contributed by atoms with Gasteiger partial charge in [-0.25, -0.2) is 4.67 Å². The fourth-order valence-corrected chi connectivity index (χ4v) is 3.31. The Bertz CT molecular complexity index is 217. The highest BCUT2D eigenvalue weighted by molar-refractivity contribution is 7.78. The first kappa shape index (κ1) is 13.7. The molecule has 1 unspecified atom stereocenters. The van der Waals surface area contributed by atoms with Gasteiger partial charge in [0, 0.05) is 12.1 Å². The molecule has 0 bridgehead atoms. The number of hydrogen-bond acceptors (Lipinski definition) is 3. The van der Waals surface area contributed by atoms with Gasteiger partial charge in [0.05, 0.1) is 12.1 Å². The van der Waals surface area contributed by atoms with Crippen LogP contribution in [-0.4, -0.2) is 16.8 Å². The predicted molar refractivity (Wildman–Crippen MR) is 60.7 cm³/mol. The molecule has 0 rings (SSSR count). The van der Waals surface area contributed by atoms with Crippen molar-refractivity contribution in [2.75, 3.05) is 0 Å². The maximum Gasteiger partial charge on any atom is 0.266 e. The minimum Gasteiger partial charge on any atom is -0.452 e. The Hall–Kier alpha value is -0.290. The van der Waals surface area contributed by atoms with Gasteiger partial charge in [0.2, 0.25) is 0 Å². The van der Waals surface area contributed by atoms with Crippen LogP contribution >= 0.6 is 18.9 Å². The summed E-state index contributed by atoms with van der Waals surface area (Å²) in [7, 11) is -1.17. The van der Waals surface area contributed by atoms with Gasteiger partial charge in [-0.2, -0.15) is 5.26 Å². The normalized spacial score (nSPS) is 13.9. The summed E-state index contributed by atoms with van der Waals surface area (Å²) in [6, 6.07) is 2.50. The molecule has 0 amide bonds. The lowest BCUT2D eigenvalue weighted by atomic mass is 10.3. The number of hydrogen-bond donors (Lipinski definition) is 0. The number of rotatable bonds is 5. The Morgan fingerprint density at radius 3 is 2.21 bits per heavy atom. The molecule has 0 aromatic heterocycles. The van der Waals surface area contributed by atoms with E-state index in [4.69, 9.17) is 21.0 Å². The van der Waals surface area contributed by atoms with Gasteiger partial charge < -0.3 is 4.52 Å². The molecule has 0 aromatic carbocycles. The topological polar surface area (TPSA) is 36.3 Å². The lowest BCUT2D eigenvalue weighted by Crippen LogP contribution is -2.31. The second-order valence-electron chi connectivity index (χ2n) is 3.33. The molecule has 0 saturated carbocycles. The molecule has 14 heavy (non-hydrogen) atoms. The third kappa shape index (κ3) is 4.81. The zero-order valence-corrected chi connectivity index (χ0v) is 10.6. The highest BCUT2D eigenvalue weighted by Gasteiger charge is 2.23. The second kappa shape index (κ2) is 7.06. The lowest BCUT2D eigenvalue weighted by molar-refractivity contribution is 0.298. The molecule has 0 saturated heterocycles. The summed E-state index contributed by atoms with van der Waals surface area (Å²) < 4.78 is 7.29. The average Bonchev–Trinajstić information content (AvgIpc) is 2.03. The van der Waals surface area contributed by atoms with Crippen molar-refractivity contribution < 1.29 is 4.52 Å². The number of halogens is 1. The zero-order chi connectivity index (χ0) is 11.1. The molecule has 0 N–H and O–H groups in total. The van der Waals surface area contributed by atoms with Crippen LogP contribution < -0.4 is 0 Å². The van der Waals surface area contributed by atoms with Gasteiger partial charge in [0.15, 0.2) is 0 Å². The summed E-state index contributed by atoms with van der Waals surface area (Å²) in [5.41, 5.74) is 0. The molecule has 0 aromatic rings. The van der Waals surface area contributed by atoms with Crippen LogP contribution in [0.3, 0.4) is 0 Å². The van der Waals surface area contributed by atoms with E-state index in [9.17, 15) is 0 Å². The Labute approximate surface area is 92.0 Å². The minimum absolute atomic E-state index is 0.328. The van der Waals surface area contributed by atoms with Crippen LogP contribution in [0.4, 0.5) is 0 Å². The average molecular weight is 235 g/mol. The van der Waals surface area contributed by atoms with Crippen molar-refractivity contribution in [3.8, 4) is 6.07 Å². The number of nitrogens with zero attached hydrogens (tertiary/aromatic N) is 2. The maximum atomic E-state index is 8.27. The zero-order valence-electron chi connectivity index (χ0n) is 8.94. The van der Waals surface area contributed by atoms with Gasteiger partial charge in [-0.3, -0.25) is 0 Å². The van der Waals surface area contributed by atoms with E-state index >= 15 is 0 Å². The molecule has 0 aliphatic rings. The van der Waals surface area contributed by atoms with Crippen molar-refractivity contribution in [2.45, 2.75) is 39.8 Å². The molecule has 1 atom stereocenters. The van der Waals surface area contributed by atoms with Crippen molar-refractivity contribution in [1.29, 1.82) is 5.26 Å². The lowest BCUT2D eigenvalue weighted by Gasteiger charge is -2.31. The van der Waals surface area contributed by atoms with Crippen LogP contribution in [0.2, 0.25) is 0 Å². The first-order chi connectivity index (χ1) is 6.50. The predicted octanol–water partition coefficient (Wildman–Crippen LogP) is 3.62. The number of allylic oxidation sites excluding steroid dienone is 1. The fourth-order valence-electron chi connectivity index (χ4n) is 1.12. The fraction of sp³-hybridized carbons (Fsp3) is 0.667. The molecule has 3 nitrogen and oxygen atoms in total. The monoisotopic (exact) mass is 234 g/mol. The van der Waals surface area contributed by atoms with Crippen LogP contribution in [0.1, 0.15) is 27.7 Å². The first-order valence-electron chi connectivity index (χ1n) is 4.46. The molecule has 0 aliphatic heterocycles. The summed E-state index contributed by atoms with van der Waals surface area (Å²) in [5.74, 6) is 0. The Balaban J connectivity index is 4.24. The Morgan fingerprint density at radius 2 is 1.86 bits per heavy atom. The molecule has 80 valence electrons. The van der Waals surface area contributed by atoms with Gasteiger partial charge in [-0.05, 0) is 38.9 Å². The SMILES string of the molecule is CC(C)N(C(C)C)P(Cl)O/C=C/C#N. The van der Waals surface area contributed by atoms with Gasteiger partial charge >= 0.3 is 0 Å². The minimum atomic E-state index is -1.17. The van der Waals surface area contributed by atoms with Crippen LogP contribution in [0, 0.1) is 11.3 Å². The third-order valence-corrected chi connectivity index (χ3v) is 3.88. The van der Waals surface area contributed by atoms with E-state index < -0.39 is 7.65 Å². The van der Waals surface area contributed by atoms with Gasteiger partial charge in [-0.15, -0.1) is 0 Å².